The van der Waals surface area contributed by atoms with Crippen LogP contribution in [0.1, 0.15) is 43.4 Å². The lowest BCUT2D eigenvalue weighted by Gasteiger charge is -2.36. The van der Waals surface area contributed by atoms with Crippen LogP contribution in [0.2, 0.25) is 0 Å². The summed E-state index contributed by atoms with van der Waals surface area (Å²) in [5, 5.41) is 5.61. The van der Waals surface area contributed by atoms with E-state index < -0.39 is 10.3 Å². The van der Waals surface area contributed by atoms with E-state index in [2.05, 4.69) is 47.0 Å². The second-order valence-corrected chi connectivity index (χ2v) is 10.7. The van der Waals surface area contributed by atoms with Crippen LogP contribution in [0.3, 0.4) is 0 Å². The van der Waals surface area contributed by atoms with Gasteiger partial charge in [0.05, 0.1) is 11.3 Å². The quantitative estimate of drug-likeness (QED) is 0.374. The van der Waals surface area contributed by atoms with Gasteiger partial charge in [-0.1, -0.05) is 97.9 Å². The van der Waals surface area contributed by atoms with Crippen molar-refractivity contribution in [2.75, 3.05) is 12.3 Å². The predicted octanol–water partition coefficient (Wildman–Crippen LogP) is 4.70. The summed E-state index contributed by atoms with van der Waals surface area (Å²) >= 11 is 1.73. The van der Waals surface area contributed by atoms with Crippen molar-refractivity contribution >= 4 is 29.4 Å². The van der Waals surface area contributed by atoms with Gasteiger partial charge in [-0.15, -0.1) is 11.8 Å². The summed E-state index contributed by atoms with van der Waals surface area (Å²) in [4.78, 5) is 37.0. The van der Waals surface area contributed by atoms with Crippen LogP contribution < -0.4 is 10.6 Å². The zero-order valence-electron chi connectivity index (χ0n) is 20.7. The number of amides is 2. The fourth-order valence-electron chi connectivity index (χ4n) is 4.36. The number of benzene rings is 3. The molecule has 0 unspecified atom stereocenters. The van der Waals surface area contributed by atoms with Crippen molar-refractivity contribution < 1.29 is 14.4 Å². The fraction of sp³-hybridized carbons (Fsp3) is 0.300. The number of hydrogen-bond acceptors (Lipinski definition) is 4. The topological polar surface area (TPSA) is 75.3 Å². The summed E-state index contributed by atoms with van der Waals surface area (Å²) in [6.45, 7) is 3.31. The highest BCUT2D eigenvalue weighted by Gasteiger charge is 2.51. The molecule has 0 spiro atoms. The molecule has 1 saturated carbocycles. The van der Waals surface area contributed by atoms with Gasteiger partial charge in [-0.2, -0.15) is 0 Å². The van der Waals surface area contributed by atoms with Gasteiger partial charge in [0.2, 0.25) is 11.8 Å². The number of rotatable bonds is 11. The Bertz CT molecular complexity index is 1100. The number of ketones is 1. The smallest absolute Gasteiger partial charge is 0.246 e. The van der Waals surface area contributed by atoms with E-state index in [-0.39, 0.29) is 30.1 Å². The Balaban J connectivity index is 1.58. The molecule has 4 rings (SSSR count). The maximum absolute atomic E-state index is 13.2. The molecule has 36 heavy (non-hydrogen) atoms. The molecule has 2 N–H and O–H groups in total. The summed E-state index contributed by atoms with van der Waals surface area (Å²) < 4.78 is -0.506. The first-order valence-electron chi connectivity index (χ1n) is 12.3. The summed E-state index contributed by atoms with van der Waals surface area (Å²) in [5.74, 6) is -0.326. The van der Waals surface area contributed by atoms with Gasteiger partial charge in [-0.05, 0) is 36.5 Å². The van der Waals surface area contributed by atoms with E-state index in [0.717, 1.165) is 16.7 Å². The highest BCUT2D eigenvalue weighted by molar-refractivity contribution is 8.00. The Labute approximate surface area is 217 Å². The number of thioether (sulfide) groups is 1. The highest BCUT2D eigenvalue weighted by Crippen LogP contribution is 2.49. The summed E-state index contributed by atoms with van der Waals surface area (Å²) in [6, 6.07) is 31.1. The molecule has 3 aromatic carbocycles. The highest BCUT2D eigenvalue weighted by atomic mass is 32.2. The second kappa shape index (κ2) is 11.1. The fourth-order valence-corrected chi connectivity index (χ4v) is 5.92. The first-order chi connectivity index (χ1) is 17.4. The Hall–Kier alpha value is -3.38. The molecule has 3 aromatic rings. The summed E-state index contributed by atoms with van der Waals surface area (Å²) in [7, 11) is 0. The van der Waals surface area contributed by atoms with Crippen LogP contribution in [0.25, 0.3) is 0 Å². The van der Waals surface area contributed by atoms with E-state index >= 15 is 0 Å². The van der Waals surface area contributed by atoms with Gasteiger partial charge in [-0.3, -0.25) is 14.4 Å². The number of carbonyl (C=O) groups excluding carboxylic acids is 3. The van der Waals surface area contributed by atoms with Crippen LogP contribution in [0, 0.1) is 5.92 Å². The van der Waals surface area contributed by atoms with Crippen molar-refractivity contribution in [3.63, 3.8) is 0 Å². The molecular formula is C30H32N2O3S. The lowest BCUT2D eigenvalue weighted by atomic mass is 9.84. The molecular weight excluding hydrogens is 468 g/mol. The number of hydrogen-bond donors (Lipinski definition) is 2. The van der Waals surface area contributed by atoms with Crippen molar-refractivity contribution in [2.24, 2.45) is 5.92 Å². The minimum Gasteiger partial charge on any atom is -0.347 e. The molecule has 1 fully saturated rings. The molecule has 0 bridgehead atoms. The van der Waals surface area contributed by atoms with Crippen molar-refractivity contribution in [3.8, 4) is 0 Å². The molecule has 0 saturated heterocycles. The van der Waals surface area contributed by atoms with Crippen molar-refractivity contribution in [1.82, 2.24) is 10.6 Å². The largest absolute Gasteiger partial charge is 0.347 e. The summed E-state index contributed by atoms with van der Waals surface area (Å²) in [6.07, 6.45) is 1.18. The van der Waals surface area contributed by atoms with Gasteiger partial charge in [-0.25, -0.2) is 0 Å². The van der Waals surface area contributed by atoms with Crippen LogP contribution in [0.15, 0.2) is 91.0 Å². The molecule has 2 amide bonds. The second-order valence-electron chi connectivity index (χ2n) is 9.45. The third kappa shape index (κ3) is 5.54. The SMILES string of the molecule is CC(=O)CNC(=O)C1(NC(=O)[C@H](C)CSC(c2ccccc2)(c2ccccc2)c2ccccc2)CC1. The minimum atomic E-state index is -0.888. The Morgan fingerprint density at radius 2 is 1.28 bits per heavy atom. The average molecular weight is 501 g/mol. The third-order valence-corrected chi connectivity index (χ3v) is 8.39. The number of carbonyl (C=O) groups is 3. The van der Waals surface area contributed by atoms with Crippen LogP contribution in [-0.2, 0) is 19.1 Å². The van der Waals surface area contributed by atoms with Crippen LogP contribution in [-0.4, -0.2) is 35.4 Å². The van der Waals surface area contributed by atoms with Crippen molar-refractivity contribution in [3.05, 3.63) is 108 Å². The normalized spacial score (nSPS) is 14.9. The van der Waals surface area contributed by atoms with Gasteiger partial charge < -0.3 is 10.6 Å². The van der Waals surface area contributed by atoms with Crippen LogP contribution >= 0.6 is 11.8 Å². The maximum atomic E-state index is 13.2. The average Bonchev–Trinajstić information content (AvgIpc) is 3.70. The monoisotopic (exact) mass is 500 g/mol. The minimum absolute atomic E-state index is 0.0182. The molecule has 0 radical (unpaired) electrons. The van der Waals surface area contributed by atoms with Crippen molar-refractivity contribution in [1.29, 1.82) is 0 Å². The molecule has 5 nitrogen and oxygen atoms in total. The maximum Gasteiger partial charge on any atom is 0.246 e. The van der Waals surface area contributed by atoms with E-state index in [1.807, 2.05) is 61.5 Å². The molecule has 0 aromatic heterocycles. The predicted molar refractivity (Wildman–Crippen MR) is 145 cm³/mol. The van der Waals surface area contributed by atoms with Gasteiger partial charge >= 0.3 is 0 Å². The molecule has 186 valence electrons. The molecule has 0 aliphatic heterocycles. The molecule has 1 aliphatic carbocycles. The van der Waals surface area contributed by atoms with Gasteiger partial charge in [0, 0.05) is 11.7 Å². The zero-order chi connectivity index (χ0) is 25.6. The van der Waals surface area contributed by atoms with E-state index in [9.17, 15) is 14.4 Å². The van der Waals surface area contributed by atoms with E-state index in [4.69, 9.17) is 0 Å². The van der Waals surface area contributed by atoms with Gasteiger partial charge in [0.1, 0.15) is 11.3 Å². The van der Waals surface area contributed by atoms with E-state index in [1.165, 1.54) is 6.92 Å². The van der Waals surface area contributed by atoms with E-state index in [1.54, 1.807) is 11.8 Å². The third-order valence-electron chi connectivity index (χ3n) is 6.58. The Kier molecular flexibility index (Phi) is 7.94. The lowest BCUT2D eigenvalue weighted by Crippen LogP contribution is -2.51. The lowest BCUT2D eigenvalue weighted by molar-refractivity contribution is -0.132. The standard InChI is InChI=1S/C30H32N2O3S/c1-22(27(34)32-29(18-19-29)28(35)31-20-23(2)33)21-36-30(24-12-6-3-7-13-24,25-14-8-4-9-15-25)26-16-10-5-11-17-26/h3-17,22H,18-21H2,1-2H3,(H,31,35)(H,32,34)/t22-/m1/s1. The van der Waals surface area contributed by atoms with Gasteiger partial charge in [0.15, 0.2) is 0 Å². The zero-order valence-corrected chi connectivity index (χ0v) is 21.5. The first-order valence-corrected chi connectivity index (χ1v) is 13.3. The molecule has 1 aliphatic rings. The van der Waals surface area contributed by atoms with Crippen LogP contribution in [0.4, 0.5) is 0 Å². The van der Waals surface area contributed by atoms with Crippen molar-refractivity contribution in [2.45, 2.75) is 37.0 Å². The van der Waals surface area contributed by atoms with Gasteiger partial charge in [0.25, 0.3) is 0 Å². The number of nitrogens with one attached hydrogen (secondary N) is 2. The number of Topliss-reactive ketones (excluding diaryl/α,β-unsaturated/α-hetero) is 1. The molecule has 1 atom stereocenters. The Morgan fingerprint density at radius 3 is 1.67 bits per heavy atom. The Morgan fingerprint density at radius 1 is 0.833 bits per heavy atom. The molecule has 6 heteroatoms. The molecule has 0 heterocycles. The van der Waals surface area contributed by atoms with E-state index in [0.29, 0.717) is 18.6 Å². The first kappa shape index (κ1) is 25.7. The summed E-state index contributed by atoms with van der Waals surface area (Å²) in [5.41, 5.74) is 2.53. The van der Waals surface area contributed by atoms with Crippen LogP contribution in [0.5, 0.6) is 0 Å².